The molecule has 2 N–H and O–H groups in total. The molecule has 0 aliphatic carbocycles. The van der Waals surface area contributed by atoms with E-state index in [-0.39, 0.29) is 25.1 Å². The van der Waals surface area contributed by atoms with Crippen LogP contribution in [0.25, 0.3) is 0 Å². The largest absolute Gasteiger partial charge is 0.324 e. The van der Waals surface area contributed by atoms with Crippen LogP contribution in [0, 0.1) is 0 Å². The third kappa shape index (κ3) is 4.18. The highest BCUT2D eigenvalue weighted by Gasteiger charge is 2.07. The molecule has 0 bridgehead atoms. The summed E-state index contributed by atoms with van der Waals surface area (Å²) in [7, 11) is 0. The molecule has 0 fully saturated rings. The number of hydrogen-bond donors (Lipinski definition) is 1. The summed E-state index contributed by atoms with van der Waals surface area (Å²) in [4.78, 5) is 0. The van der Waals surface area contributed by atoms with Crippen LogP contribution in [0.15, 0.2) is 24.3 Å². The zero-order chi connectivity index (χ0) is 10.6. The standard InChI is InChI=1S/C12H18FN.ClH/c1-9(2)10-4-3-5-11(8-10)12(14)6-7-13;/h3-5,8-9,12H,6-7,14H2,1-2H3;1H/t12-;/m0./s1. The second-order valence-electron chi connectivity index (χ2n) is 3.91. The van der Waals surface area contributed by atoms with Gasteiger partial charge >= 0.3 is 0 Å². The van der Waals surface area contributed by atoms with Crippen molar-refractivity contribution >= 4 is 12.4 Å². The lowest BCUT2D eigenvalue weighted by molar-refractivity contribution is 0.441. The van der Waals surface area contributed by atoms with E-state index in [1.54, 1.807) is 0 Å². The molecule has 3 heteroatoms. The maximum absolute atomic E-state index is 12.1. The molecule has 0 spiro atoms. The molecule has 1 aromatic carbocycles. The molecule has 1 rings (SSSR count). The lowest BCUT2D eigenvalue weighted by Crippen LogP contribution is -2.11. The topological polar surface area (TPSA) is 26.0 Å². The first-order chi connectivity index (χ1) is 6.65. The Morgan fingerprint density at radius 3 is 2.40 bits per heavy atom. The summed E-state index contributed by atoms with van der Waals surface area (Å²) in [6.45, 7) is 3.92. The molecule has 0 saturated carbocycles. The van der Waals surface area contributed by atoms with Gasteiger partial charge in [0, 0.05) is 6.04 Å². The zero-order valence-electron chi connectivity index (χ0n) is 9.24. The SMILES string of the molecule is CC(C)c1cccc([C@@H](N)CCF)c1.Cl. The molecule has 1 atom stereocenters. The van der Waals surface area contributed by atoms with Crippen LogP contribution in [0.4, 0.5) is 4.39 Å². The highest BCUT2D eigenvalue weighted by molar-refractivity contribution is 5.85. The van der Waals surface area contributed by atoms with E-state index in [0.717, 1.165) is 5.56 Å². The third-order valence-corrected chi connectivity index (χ3v) is 2.43. The second-order valence-corrected chi connectivity index (χ2v) is 3.91. The lowest BCUT2D eigenvalue weighted by atomic mass is 9.97. The molecule has 1 nitrogen and oxygen atoms in total. The van der Waals surface area contributed by atoms with Gasteiger partial charge in [0.2, 0.25) is 0 Å². The fraction of sp³-hybridized carbons (Fsp3) is 0.500. The molecule has 0 heterocycles. The number of nitrogens with two attached hydrogens (primary N) is 1. The Morgan fingerprint density at radius 2 is 1.87 bits per heavy atom. The Kier molecular flexibility index (Phi) is 6.53. The molecule has 1 aromatic rings. The van der Waals surface area contributed by atoms with Gasteiger partial charge in [0.25, 0.3) is 0 Å². The van der Waals surface area contributed by atoms with Gasteiger partial charge in [-0.25, -0.2) is 0 Å². The highest BCUT2D eigenvalue weighted by atomic mass is 35.5. The zero-order valence-corrected chi connectivity index (χ0v) is 10.1. The molecule has 0 unspecified atom stereocenters. The van der Waals surface area contributed by atoms with Crippen molar-refractivity contribution in [1.29, 1.82) is 0 Å². The first-order valence-electron chi connectivity index (χ1n) is 5.06. The number of rotatable bonds is 4. The molecule has 86 valence electrons. The lowest BCUT2D eigenvalue weighted by Gasteiger charge is -2.12. The molecule has 0 saturated heterocycles. The molecule has 0 amide bonds. The van der Waals surface area contributed by atoms with Gasteiger partial charge in [-0.2, -0.15) is 0 Å². The number of hydrogen-bond acceptors (Lipinski definition) is 1. The number of halogens is 2. The van der Waals surface area contributed by atoms with Crippen LogP contribution in [-0.4, -0.2) is 6.67 Å². The summed E-state index contributed by atoms with van der Waals surface area (Å²) < 4.78 is 12.1. The Balaban J connectivity index is 0.00000196. The van der Waals surface area contributed by atoms with Gasteiger partial charge < -0.3 is 5.73 Å². The normalized spacial score (nSPS) is 12.3. The van der Waals surface area contributed by atoms with Gasteiger partial charge in [-0.15, -0.1) is 12.4 Å². The summed E-state index contributed by atoms with van der Waals surface area (Å²) in [5, 5.41) is 0. The van der Waals surface area contributed by atoms with Crippen molar-refractivity contribution in [3.63, 3.8) is 0 Å². The predicted octanol–water partition coefficient (Wildman–Crippen LogP) is 3.59. The Morgan fingerprint density at radius 1 is 1.27 bits per heavy atom. The maximum Gasteiger partial charge on any atom is 0.0912 e. The summed E-state index contributed by atoms with van der Waals surface area (Å²) in [5.41, 5.74) is 8.13. The van der Waals surface area contributed by atoms with Gasteiger partial charge in [0.05, 0.1) is 6.67 Å². The number of alkyl halides is 1. The van der Waals surface area contributed by atoms with Crippen molar-refractivity contribution in [2.75, 3.05) is 6.67 Å². The van der Waals surface area contributed by atoms with E-state index in [9.17, 15) is 4.39 Å². The van der Waals surface area contributed by atoms with Crippen molar-refractivity contribution in [2.45, 2.75) is 32.2 Å². The first kappa shape index (κ1) is 14.4. The van der Waals surface area contributed by atoms with Gasteiger partial charge in [-0.3, -0.25) is 4.39 Å². The van der Waals surface area contributed by atoms with Gasteiger partial charge in [0.1, 0.15) is 0 Å². The summed E-state index contributed by atoms with van der Waals surface area (Å²) >= 11 is 0. The molecule has 0 aromatic heterocycles. The van der Waals surface area contributed by atoms with E-state index < -0.39 is 0 Å². The molecule has 15 heavy (non-hydrogen) atoms. The van der Waals surface area contributed by atoms with Crippen molar-refractivity contribution in [2.24, 2.45) is 5.73 Å². The summed E-state index contributed by atoms with van der Waals surface area (Å²) in [6.07, 6.45) is 0.404. The Labute approximate surface area is 97.3 Å². The fourth-order valence-corrected chi connectivity index (χ4v) is 1.43. The van der Waals surface area contributed by atoms with Crippen LogP contribution in [-0.2, 0) is 0 Å². The molecular formula is C12H19ClFN. The quantitative estimate of drug-likeness (QED) is 0.842. The van der Waals surface area contributed by atoms with Crippen molar-refractivity contribution < 1.29 is 4.39 Å². The minimum Gasteiger partial charge on any atom is -0.324 e. The second kappa shape index (κ2) is 6.81. The van der Waals surface area contributed by atoms with Crippen molar-refractivity contribution in [3.8, 4) is 0 Å². The van der Waals surface area contributed by atoms with Crippen LogP contribution in [0.3, 0.4) is 0 Å². The first-order valence-corrected chi connectivity index (χ1v) is 5.06. The van der Waals surface area contributed by atoms with E-state index in [1.807, 2.05) is 12.1 Å². The monoisotopic (exact) mass is 231 g/mol. The number of benzene rings is 1. The smallest absolute Gasteiger partial charge is 0.0912 e. The minimum atomic E-state index is -0.354. The van der Waals surface area contributed by atoms with Crippen LogP contribution in [0.1, 0.15) is 43.4 Å². The summed E-state index contributed by atoms with van der Waals surface area (Å²) in [5.74, 6) is 0.493. The third-order valence-electron chi connectivity index (χ3n) is 2.43. The highest BCUT2D eigenvalue weighted by Crippen LogP contribution is 2.20. The van der Waals surface area contributed by atoms with E-state index in [1.165, 1.54) is 5.56 Å². The van der Waals surface area contributed by atoms with Crippen molar-refractivity contribution in [3.05, 3.63) is 35.4 Å². The predicted molar refractivity (Wildman–Crippen MR) is 65.3 cm³/mol. The van der Waals surface area contributed by atoms with Crippen molar-refractivity contribution in [1.82, 2.24) is 0 Å². The maximum atomic E-state index is 12.1. The summed E-state index contributed by atoms with van der Waals surface area (Å²) in [6, 6.07) is 7.94. The van der Waals surface area contributed by atoms with Crippen LogP contribution < -0.4 is 5.73 Å². The molecule has 0 radical (unpaired) electrons. The van der Waals surface area contributed by atoms with E-state index in [2.05, 4.69) is 26.0 Å². The average molecular weight is 232 g/mol. The van der Waals surface area contributed by atoms with Gasteiger partial charge in [0.15, 0.2) is 0 Å². The van der Waals surface area contributed by atoms with E-state index in [0.29, 0.717) is 12.3 Å². The van der Waals surface area contributed by atoms with Crippen LogP contribution in [0.2, 0.25) is 0 Å². The Bertz CT molecular complexity index is 289. The average Bonchev–Trinajstić information content (AvgIpc) is 2.18. The molecule has 0 aliphatic heterocycles. The van der Waals surface area contributed by atoms with Gasteiger partial charge in [-0.05, 0) is 23.5 Å². The fourth-order valence-electron chi connectivity index (χ4n) is 1.43. The molecular weight excluding hydrogens is 213 g/mol. The molecule has 0 aliphatic rings. The minimum absolute atomic E-state index is 0. The van der Waals surface area contributed by atoms with E-state index >= 15 is 0 Å². The Hall–Kier alpha value is -0.600. The van der Waals surface area contributed by atoms with Crippen LogP contribution in [0.5, 0.6) is 0 Å². The van der Waals surface area contributed by atoms with E-state index in [4.69, 9.17) is 5.73 Å². The van der Waals surface area contributed by atoms with Crippen LogP contribution >= 0.6 is 12.4 Å². The van der Waals surface area contributed by atoms with Gasteiger partial charge in [-0.1, -0.05) is 38.1 Å².